The average Bonchev–Trinajstić information content (AvgIpc) is 3.09. The second-order valence-corrected chi connectivity index (χ2v) is 5.52. The van der Waals surface area contributed by atoms with Crippen LogP contribution in [0.1, 0.15) is 24.6 Å². The molecule has 0 atom stereocenters. The Hall–Kier alpha value is -3.26. The van der Waals surface area contributed by atoms with Crippen molar-refractivity contribution in [3.8, 4) is 23.3 Å². The molecule has 0 radical (unpaired) electrons. The molecule has 5 nitrogen and oxygen atoms in total. The van der Waals surface area contributed by atoms with Crippen molar-refractivity contribution >= 4 is 5.88 Å². The molecule has 0 unspecified atom stereocenters. The third-order valence-corrected chi connectivity index (χ3v) is 3.60. The molecule has 0 fully saturated rings. The summed E-state index contributed by atoms with van der Waals surface area (Å²) in [7, 11) is 0. The van der Waals surface area contributed by atoms with Gasteiger partial charge < -0.3 is 14.5 Å². The first-order valence-electron chi connectivity index (χ1n) is 8.22. The predicted molar refractivity (Wildman–Crippen MR) is 96.2 cm³/mol. The van der Waals surface area contributed by atoms with Gasteiger partial charge in [0.1, 0.15) is 11.8 Å². The molecule has 0 saturated heterocycles. The molecule has 126 valence electrons. The third kappa shape index (κ3) is 4.18. The molecule has 0 saturated carbocycles. The highest BCUT2D eigenvalue weighted by Gasteiger charge is 2.14. The summed E-state index contributed by atoms with van der Waals surface area (Å²) in [5, 5.41) is 12.4. The van der Waals surface area contributed by atoms with Crippen LogP contribution in [-0.4, -0.2) is 11.6 Å². The van der Waals surface area contributed by atoms with E-state index >= 15 is 0 Å². The summed E-state index contributed by atoms with van der Waals surface area (Å²) >= 11 is 0. The van der Waals surface area contributed by atoms with E-state index in [4.69, 9.17) is 9.15 Å². The molecule has 0 spiro atoms. The SMILES string of the molecule is CCCOc1ccc(-c2nc(C#N)c(NCc3ccccc3)o2)cc1. The van der Waals surface area contributed by atoms with Crippen LogP contribution in [-0.2, 0) is 6.54 Å². The smallest absolute Gasteiger partial charge is 0.232 e. The summed E-state index contributed by atoms with van der Waals surface area (Å²) in [6, 6.07) is 19.5. The number of nitriles is 1. The van der Waals surface area contributed by atoms with E-state index < -0.39 is 0 Å². The van der Waals surface area contributed by atoms with E-state index in [0.29, 0.717) is 24.9 Å². The molecule has 1 heterocycles. The summed E-state index contributed by atoms with van der Waals surface area (Å²) in [5.74, 6) is 1.60. The van der Waals surface area contributed by atoms with Crippen LogP contribution in [0.4, 0.5) is 5.88 Å². The second kappa shape index (κ2) is 8.02. The van der Waals surface area contributed by atoms with Crippen molar-refractivity contribution in [3.63, 3.8) is 0 Å². The number of anilines is 1. The lowest BCUT2D eigenvalue weighted by atomic mass is 10.2. The largest absolute Gasteiger partial charge is 0.494 e. The first-order valence-corrected chi connectivity index (χ1v) is 8.22. The fraction of sp³-hybridized carbons (Fsp3) is 0.200. The first-order chi connectivity index (χ1) is 12.3. The zero-order valence-corrected chi connectivity index (χ0v) is 14.0. The van der Waals surface area contributed by atoms with Crippen molar-refractivity contribution < 1.29 is 9.15 Å². The summed E-state index contributed by atoms with van der Waals surface area (Å²) in [6.45, 7) is 3.31. The lowest BCUT2D eigenvalue weighted by Gasteiger charge is -2.04. The van der Waals surface area contributed by atoms with Crippen LogP contribution in [0.15, 0.2) is 59.0 Å². The highest BCUT2D eigenvalue weighted by molar-refractivity contribution is 5.59. The van der Waals surface area contributed by atoms with E-state index in [1.54, 1.807) is 0 Å². The first kappa shape index (κ1) is 16.6. The van der Waals surface area contributed by atoms with E-state index in [9.17, 15) is 5.26 Å². The fourth-order valence-electron chi connectivity index (χ4n) is 2.33. The van der Waals surface area contributed by atoms with Crippen molar-refractivity contribution in [3.05, 3.63) is 65.9 Å². The normalized spacial score (nSPS) is 10.2. The lowest BCUT2D eigenvalue weighted by Crippen LogP contribution is -1.99. The molecule has 0 bridgehead atoms. The number of nitrogens with one attached hydrogen (secondary N) is 1. The minimum Gasteiger partial charge on any atom is -0.494 e. The number of benzene rings is 2. The molecule has 1 aromatic heterocycles. The van der Waals surface area contributed by atoms with Gasteiger partial charge in [0.15, 0.2) is 0 Å². The van der Waals surface area contributed by atoms with Gasteiger partial charge >= 0.3 is 0 Å². The number of nitrogens with zero attached hydrogens (tertiary/aromatic N) is 2. The molecule has 25 heavy (non-hydrogen) atoms. The van der Waals surface area contributed by atoms with Gasteiger partial charge in [0, 0.05) is 12.1 Å². The van der Waals surface area contributed by atoms with Gasteiger partial charge in [0.2, 0.25) is 17.5 Å². The topological polar surface area (TPSA) is 71.1 Å². The predicted octanol–water partition coefficient (Wildman–Crippen LogP) is 4.61. The van der Waals surface area contributed by atoms with Crippen LogP contribution in [0.3, 0.4) is 0 Å². The van der Waals surface area contributed by atoms with Crippen molar-refractivity contribution in [2.75, 3.05) is 11.9 Å². The maximum absolute atomic E-state index is 9.28. The Bertz CT molecular complexity index is 849. The van der Waals surface area contributed by atoms with Crippen LogP contribution in [0.25, 0.3) is 11.5 Å². The Labute approximate surface area is 146 Å². The van der Waals surface area contributed by atoms with Gasteiger partial charge in [-0.3, -0.25) is 0 Å². The van der Waals surface area contributed by atoms with E-state index in [1.165, 1.54) is 0 Å². The van der Waals surface area contributed by atoms with Gasteiger partial charge in [-0.05, 0) is 36.2 Å². The third-order valence-electron chi connectivity index (χ3n) is 3.60. The zero-order chi connectivity index (χ0) is 17.5. The lowest BCUT2D eigenvalue weighted by molar-refractivity contribution is 0.317. The van der Waals surface area contributed by atoms with Gasteiger partial charge in [-0.1, -0.05) is 37.3 Å². The molecular formula is C20H19N3O2. The summed E-state index contributed by atoms with van der Waals surface area (Å²) in [5.41, 5.74) is 2.15. The van der Waals surface area contributed by atoms with E-state index in [-0.39, 0.29) is 5.69 Å². The second-order valence-electron chi connectivity index (χ2n) is 5.52. The maximum atomic E-state index is 9.28. The molecule has 0 amide bonds. The van der Waals surface area contributed by atoms with Crippen LogP contribution in [0, 0.1) is 11.3 Å². The minimum atomic E-state index is 0.247. The summed E-state index contributed by atoms with van der Waals surface area (Å²) in [6.07, 6.45) is 0.962. The Morgan fingerprint density at radius 2 is 1.88 bits per heavy atom. The van der Waals surface area contributed by atoms with E-state index in [0.717, 1.165) is 23.3 Å². The number of hydrogen-bond acceptors (Lipinski definition) is 5. The molecule has 5 heteroatoms. The van der Waals surface area contributed by atoms with Crippen molar-refractivity contribution in [1.29, 1.82) is 5.26 Å². The van der Waals surface area contributed by atoms with Gasteiger partial charge in [-0.25, -0.2) is 0 Å². The number of aromatic nitrogens is 1. The molecule has 0 aliphatic carbocycles. The molecular weight excluding hydrogens is 314 g/mol. The molecule has 1 N–H and O–H groups in total. The van der Waals surface area contributed by atoms with Gasteiger partial charge in [-0.15, -0.1) is 0 Å². The van der Waals surface area contributed by atoms with Crippen molar-refractivity contribution in [2.24, 2.45) is 0 Å². The minimum absolute atomic E-state index is 0.247. The van der Waals surface area contributed by atoms with Gasteiger partial charge in [0.25, 0.3) is 0 Å². The fourth-order valence-corrected chi connectivity index (χ4v) is 2.33. The molecule has 3 rings (SSSR count). The number of ether oxygens (including phenoxy) is 1. The van der Waals surface area contributed by atoms with Crippen LogP contribution < -0.4 is 10.1 Å². The average molecular weight is 333 g/mol. The van der Waals surface area contributed by atoms with E-state index in [1.807, 2.05) is 54.6 Å². The zero-order valence-electron chi connectivity index (χ0n) is 14.0. The van der Waals surface area contributed by atoms with Gasteiger partial charge in [-0.2, -0.15) is 10.2 Å². The molecule has 2 aromatic carbocycles. The Morgan fingerprint density at radius 1 is 1.12 bits per heavy atom. The number of rotatable bonds is 7. The van der Waals surface area contributed by atoms with Gasteiger partial charge in [0.05, 0.1) is 6.61 Å². The number of oxazole rings is 1. The van der Waals surface area contributed by atoms with E-state index in [2.05, 4.69) is 23.3 Å². The van der Waals surface area contributed by atoms with Crippen LogP contribution in [0.5, 0.6) is 5.75 Å². The highest BCUT2D eigenvalue weighted by Crippen LogP contribution is 2.27. The highest BCUT2D eigenvalue weighted by atomic mass is 16.5. The Balaban J connectivity index is 1.74. The van der Waals surface area contributed by atoms with Crippen LogP contribution in [0.2, 0.25) is 0 Å². The number of hydrogen-bond donors (Lipinski definition) is 1. The summed E-state index contributed by atoms with van der Waals surface area (Å²) in [4.78, 5) is 4.27. The molecule has 0 aliphatic heterocycles. The van der Waals surface area contributed by atoms with Crippen molar-refractivity contribution in [1.82, 2.24) is 4.98 Å². The standard InChI is InChI=1S/C20H19N3O2/c1-2-12-24-17-10-8-16(9-11-17)19-23-18(13-21)20(25-19)22-14-15-6-4-3-5-7-15/h3-11,22H,2,12,14H2,1H3. The quantitative estimate of drug-likeness (QED) is 0.683. The molecule has 3 aromatic rings. The van der Waals surface area contributed by atoms with Crippen LogP contribution >= 0.6 is 0 Å². The Kier molecular flexibility index (Phi) is 5.32. The Morgan fingerprint density at radius 3 is 2.56 bits per heavy atom. The van der Waals surface area contributed by atoms with Crippen molar-refractivity contribution in [2.45, 2.75) is 19.9 Å². The monoisotopic (exact) mass is 333 g/mol. The maximum Gasteiger partial charge on any atom is 0.232 e. The summed E-state index contributed by atoms with van der Waals surface area (Å²) < 4.78 is 11.3. The molecule has 0 aliphatic rings.